The minimum Gasteiger partial charge on any atom is -0.457 e. The highest BCUT2D eigenvalue weighted by Crippen LogP contribution is 2.39. The van der Waals surface area contributed by atoms with E-state index in [9.17, 15) is 14.0 Å². The Morgan fingerprint density at radius 1 is 1.06 bits per heavy atom. The van der Waals surface area contributed by atoms with Crippen LogP contribution in [0.5, 0.6) is 0 Å². The molecule has 0 spiro atoms. The number of esters is 1. The van der Waals surface area contributed by atoms with Gasteiger partial charge in [0, 0.05) is 28.6 Å². The first-order valence-corrected chi connectivity index (χ1v) is 10.9. The molecule has 3 aromatic rings. The molecule has 0 N–H and O–H groups in total. The normalized spacial score (nSPS) is 18.6. The second-order valence-corrected chi connectivity index (χ2v) is 8.51. The number of fused-ring (bicyclic) bond motifs is 1. The van der Waals surface area contributed by atoms with Gasteiger partial charge in [-0.05, 0) is 79.5 Å². The van der Waals surface area contributed by atoms with E-state index in [2.05, 4.69) is 4.98 Å². The number of ether oxygens (including phenoxy) is 1. The van der Waals surface area contributed by atoms with Crippen molar-refractivity contribution in [2.24, 2.45) is 5.92 Å². The molecule has 1 fully saturated rings. The van der Waals surface area contributed by atoms with Crippen LogP contribution >= 0.6 is 11.6 Å². The second-order valence-electron chi connectivity index (χ2n) is 8.08. The van der Waals surface area contributed by atoms with Crippen LogP contribution in [-0.2, 0) is 9.53 Å². The van der Waals surface area contributed by atoms with Gasteiger partial charge in [-0.2, -0.15) is 0 Å². The molecule has 160 valence electrons. The molecule has 0 atom stereocenters. The lowest BCUT2D eigenvalue weighted by molar-refractivity contribution is -0.143. The third-order valence-corrected chi connectivity index (χ3v) is 6.23. The zero-order valence-electron chi connectivity index (χ0n) is 17.0. The summed E-state index contributed by atoms with van der Waals surface area (Å²) < 4.78 is 18.9. The molecule has 31 heavy (non-hydrogen) atoms. The van der Waals surface area contributed by atoms with Crippen molar-refractivity contribution in [3.63, 3.8) is 0 Å². The fourth-order valence-electron chi connectivity index (χ4n) is 4.36. The molecule has 0 unspecified atom stereocenters. The molecule has 0 aliphatic heterocycles. The molecular formula is C25H23ClFNO3. The Balaban J connectivity index is 1.29. The van der Waals surface area contributed by atoms with E-state index in [1.807, 2.05) is 6.07 Å². The number of ketones is 1. The zero-order chi connectivity index (χ0) is 21.8. The van der Waals surface area contributed by atoms with E-state index in [0.717, 1.165) is 42.1 Å². The quantitative estimate of drug-likeness (QED) is 0.343. The number of rotatable bonds is 6. The van der Waals surface area contributed by atoms with E-state index in [1.54, 1.807) is 42.6 Å². The third-order valence-electron chi connectivity index (χ3n) is 5.99. The number of halogens is 2. The van der Waals surface area contributed by atoms with E-state index < -0.39 is 0 Å². The Kier molecular flexibility index (Phi) is 6.62. The van der Waals surface area contributed by atoms with Gasteiger partial charge in [-0.1, -0.05) is 23.7 Å². The van der Waals surface area contributed by atoms with E-state index in [1.165, 1.54) is 6.07 Å². The Labute approximate surface area is 185 Å². The Morgan fingerprint density at radius 2 is 1.87 bits per heavy atom. The fourth-order valence-corrected chi connectivity index (χ4v) is 4.55. The topological polar surface area (TPSA) is 56.3 Å². The molecule has 0 radical (unpaired) electrons. The molecule has 6 heteroatoms. The molecular weight excluding hydrogens is 417 g/mol. The van der Waals surface area contributed by atoms with Crippen LogP contribution in [0.3, 0.4) is 0 Å². The van der Waals surface area contributed by atoms with E-state index in [-0.39, 0.29) is 30.1 Å². The maximum absolute atomic E-state index is 13.7. The highest BCUT2D eigenvalue weighted by molar-refractivity contribution is 6.31. The zero-order valence-corrected chi connectivity index (χ0v) is 17.8. The van der Waals surface area contributed by atoms with Gasteiger partial charge >= 0.3 is 5.97 Å². The van der Waals surface area contributed by atoms with Crippen LogP contribution in [0.4, 0.5) is 4.39 Å². The van der Waals surface area contributed by atoms with Gasteiger partial charge in [0.15, 0.2) is 12.4 Å². The Hall–Kier alpha value is -2.79. The summed E-state index contributed by atoms with van der Waals surface area (Å²) in [6.07, 6.45) is 5.71. The fraction of sp³-hybridized carbons (Fsp3) is 0.320. The second kappa shape index (κ2) is 9.56. The van der Waals surface area contributed by atoms with Crippen LogP contribution in [0.1, 0.15) is 53.9 Å². The molecule has 1 aliphatic rings. The lowest BCUT2D eigenvalue weighted by Crippen LogP contribution is -2.20. The number of pyridine rings is 1. The van der Waals surface area contributed by atoms with Crippen LogP contribution in [0.2, 0.25) is 5.02 Å². The number of nitrogens with zero attached hydrogens (tertiary/aromatic N) is 1. The van der Waals surface area contributed by atoms with Crippen molar-refractivity contribution in [3.8, 4) is 0 Å². The highest BCUT2D eigenvalue weighted by atomic mass is 35.5. The summed E-state index contributed by atoms with van der Waals surface area (Å²) in [4.78, 5) is 28.7. The molecule has 0 bridgehead atoms. The average molecular weight is 440 g/mol. The number of hydrogen-bond donors (Lipinski definition) is 0. The molecule has 1 aliphatic carbocycles. The average Bonchev–Trinajstić information content (AvgIpc) is 2.77. The number of aromatic nitrogens is 1. The van der Waals surface area contributed by atoms with Gasteiger partial charge in [-0.15, -0.1) is 0 Å². The first kappa shape index (κ1) is 21.4. The molecule has 0 saturated heterocycles. The molecule has 0 amide bonds. The Bertz CT molecular complexity index is 1110. The summed E-state index contributed by atoms with van der Waals surface area (Å²) >= 11 is 5.89. The predicted molar refractivity (Wildman–Crippen MR) is 118 cm³/mol. The number of carbonyl (C=O) groups excluding carboxylic acids is 2. The number of Topliss-reactive ketones (excluding diaryl/α,β-unsaturated/α-hetero) is 1. The summed E-state index contributed by atoms with van der Waals surface area (Å²) in [5.41, 5.74) is 2.36. The summed E-state index contributed by atoms with van der Waals surface area (Å²) in [7, 11) is 0. The molecule has 2 aromatic carbocycles. The monoisotopic (exact) mass is 439 g/mol. The van der Waals surface area contributed by atoms with Gasteiger partial charge in [0.25, 0.3) is 0 Å². The Morgan fingerprint density at radius 3 is 2.65 bits per heavy atom. The van der Waals surface area contributed by atoms with Crippen molar-refractivity contribution in [2.75, 3.05) is 6.61 Å². The van der Waals surface area contributed by atoms with Crippen LogP contribution in [0.25, 0.3) is 10.9 Å². The minimum atomic E-state index is -0.352. The summed E-state index contributed by atoms with van der Waals surface area (Å²) in [5.74, 6) is -0.323. The van der Waals surface area contributed by atoms with Crippen molar-refractivity contribution >= 4 is 34.3 Å². The SMILES string of the molecule is O=C(CC1CCC(c2ccnc3ccc(F)cc23)CC1)OCC(=O)c1cccc(Cl)c1. The first-order valence-electron chi connectivity index (χ1n) is 10.5. The maximum atomic E-state index is 13.7. The lowest BCUT2D eigenvalue weighted by Gasteiger charge is -2.29. The van der Waals surface area contributed by atoms with E-state index in [4.69, 9.17) is 16.3 Å². The van der Waals surface area contributed by atoms with Crippen LogP contribution in [-0.4, -0.2) is 23.3 Å². The lowest BCUT2D eigenvalue weighted by atomic mass is 9.77. The van der Waals surface area contributed by atoms with Crippen LogP contribution < -0.4 is 0 Å². The number of carbonyl (C=O) groups is 2. The highest BCUT2D eigenvalue weighted by Gasteiger charge is 2.26. The van der Waals surface area contributed by atoms with E-state index in [0.29, 0.717) is 22.9 Å². The van der Waals surface area contributed by atoms with Gasteiger partial charge in [-0.3, -0.25) is 14.6 Å². The van der Waals surface area contributed by atoms with Crippen LogP contribution in [0.15, 0.2) is 54.7 Å². The van der Waals surface area contributed by atoms with Crippen molar-refractivity contribution in [1.82, 2.24) is 4.98 Å². The largest absolute Gasteiger partial charge is 0.457 e. The standard InChI is InChI=1S/C25H23ClFNO3/c26-19-3-1-2-18(13-19)24(29)15-31-25(30)12-16-4-6-17(7-5-16)21-10-11-28-23-9-8-20(27)14-22(21)23/h1-3,8-11,13-14,16-17H,4-7,12,15H2. The van der Waals surface area contributed by atoms with Crippen molar-refractivity contribution in [2.45, 2.75) is 38.0 Å². The summed E-state index contributed by atoms with van der Waals surface area (Å²) in [6.45, 7) is -0.275. The van der Waals surface area contributed by atoms with E-state index >= 15 is 0 Å². The summed E-state index contributed by atoms with van der Waals surface area (Å²) in [6, 6.07) is 13.3. The van der Waals surface area contributed by atoms with Gasteiger partial charge < -0.3 is 4.74 Å². The molecule has 1 heterocycles. The maximum Gasteiger partial charge on any atom is 0.306 e. The van der Waals surface area contributed by atoms with Gasteiger partial charge in [-0.25, -0.2) is 4.39 Å². The smallest absolute Gasteiger partial charge is 0.306 e. The third kappa shape index (κ3) is 5.28. The van der Waals surface area contributed by atoms with Gasteiger partial charge in [0.2, 0.25) is 0 Å². The van der Waals surface area contributed by atoms with Gasteiger partial charge in [0.1, 0.15) is 5.82 Å². The number of benzene rings is 2. The predicted octanol–water partition coefficient (Wildman–Crippen LogP) is 6.12. The number of hydrogen-bond acceptors (Lipinski definition) is 4. The molecule has 1 saturated carbocycles. The molecule has 4 nitrogen and oxygen atoms in total. The summed E-state index contributed by atoms with van der Waals surface area (Å²) in [5, 5.41) is 1.34. The van der Waals surface area contributed by atoms with Crippen molar-refractivity contribution in [1.29, 1.82) is 0 Å². The van der Waals surface area contributed by atoms with Crippen LogP contribution in [0, 0.1) is 11.7 Å². The van der Waals surface area contributed by atoms with Crippen molar-refractivity contribution < 1.29 is 18.7 Å². The molecule has 4 rings (SSSR count). The first-order chi connectivity index (χ1) is 15.0. The molecule has 1 aromatic heterocycles. The van der Waals surface area contributed by atoms with Crippen molar-refractivity contribution in [3.05, 3.63) is 76.7 Å². The van der Waals surface area contributed by atoms with Gasteiger partial charge in [0.05, 0.1) is 5.52 Å². The minimum absolute atomic E-state index is 0.231.